The van der Waals surface area contributed by atoms with Crippen LogP contribution in [-0.2, 0) is 6.54 Å². The van der Waals surface area contributed by atoms with Gasteiger partial charge in [-0.05, 0) is 13.0 Å². The van der Waals surface area contributed by atoms with Crippen LogP contribution in [0.1, 0.15) is 11.4 Å². The summed E-state index contributed by atoms with van der Waals surface area (Å²) in [6.45, 7) is 1.94. The third kappa shape index (κ3) is 2.34. The molecule has 0 saturated carbocycles. The van der Waals surface area contributed by atoms with Crippen molar-refractivity contribution in [3.8, 4) is 10.9 Å². The van der Waals surface area contributed by atoms with E-state index in [0.29, 0.717) is 22.3 Å². The van der Waals surface area contributed by atoms with E-state index in [1.54, 1.807) is 19.1 Å². The van der Waals surface area contributed by atoms with Crippen LogP contribution in [0.15, 0.2) is 18.2 Å². The number of ether oxygens (including phenoxy) is 1. The van der Waals surface area contributed by atoms with Crippen LogP contribution in [0.25, 0.3) is 0 Å². The van der Waals surface area contributed by atoms with Crippen molar-refractivity contribution in [2.24, 2.45) is 5.73 Å². The molecule has 0 aliphatic rings. The predicted molar refractivity (Wildman–Crippen MR) is 59.0 cm³/mol. The van der Waals surface area contributed by atoms with Crippen molar-refractivity contribution in [2.75, 3.05) is 0 Å². The molecule has 2 rings (SSSR count). The van der Waals surface area contributed by atoms with Crippen molar-refractivity contribution in [1.82, 2.24) is 9.36 Å². The number of halogens is 1. The van der Waals surface area contributed by atoms with Crippen molar-refractivity contribution in [2.45, 2.75) is 13.5 Å². The minimum absolute atomic E-state index is 0.171. The van der Waals surface area contributed by atoms with Crippen LogP contribution in [0, 0.1) is 12.7 Å². The first-order valence-corrected chi connectivity index (χ1v) is 5.43. The van der Waals surface area contributed by atoms with Crippen molar-refractivity contribution in [3.05, 3.63) is 35.4 Å². The zero-order chi connectivity index (χ0) is 11.5. The fourth-order valence-corrected chi connectivity index (χ4v) is 1.73. The van der Waals surface area contributed by atoms with Crippen LogP contribution in [0.2, 0.25) is 0 Å². The quantitative estimate of drug-likeness (QED) is 0.892. The molecule has 2 N–H and O–H groups in total. The van der Waals surface area contributed by atoms with Crippen molar-refractivity contribution < 1.29 is 9.13 Å². The highest BCUT2D eigenvalue weighted by Crippen LogP contribution is 2.24. The molecule has 0 saturated heterocycles. The van der Waals surface area contributed by atoms with Crippen LogP contribution >= 0.6 is 11.5 Å². The molecule has 0 aliphatic heterocycles. The average molecular weight is 239 g/mol. The van der Waals surface area contributed by atoms with E-state index in [1.165, 1.54) is 6.07 Å². The van der Waals surface area contributed by atoms with E-state index < -0.39 is 0 Å². The first-order valence-electron chi connectivity index (χ1n) is 4.65. The number of aromatic nitrogens is 2. The standard InChI is InChI=1S/C10H10FN3OS/c1-6-13-10(16-14-6)15-8-3-2-7(5-12)9(11)4-8/h2-4H,5,12H2,1H3. The highest BCUT2D eigenvalue weighted by atomic mass is 32.1. The van der Waals surface area contributed by atoms with Gasteiger partial charge in [-0.2, -0.15) is 9.36 Å². The van der Waals surface area contributed by atoms with E-state index in [1.807, 2.05) is 0 Å². The number of nitrogens with zero attached hydrogens (tertiary/aromatic N) is 2. The monoisotopic (exact) mass is 239 g/mol. The first-order chi connectivity index (χ1) is 7.69. The van der Waals surface area contributed by atoms with Gasteiger partial charge >= 0.3 is 0 Å². The lowest BCUT2D eigenvalue weighted by Gasteiger charge is -2.03. The van der Waals surface area contributed by atoms with Gasteiger partial charge in [0.15, 0.2) is 0 Å². The van der Waals surface area contributed by atoms with Crippen LogP contribution in [0.5, 0.6) is 10.9 Å². The summed E-state index contributed by atoms with van der Waals surface area (Å²) in [7, 11) is 0. The Bertz CT molecular complexity index is 501. The summed E-state index contributed by atoms with van der Waals surface area (Å²) in [5.74, 6) is 0.658. The number of rotatable bonds is 3. The van der Waals surface area contributed by atoms with E-state index >= 15 is 0 Å². The van der Waals surface area contributed by atoms with Crippen LogP contribution in [0.4, 0.5) is 4.39 Å². The normalized spacial score (nSPS) is 10.4. The smallest absolute Gasteiger partial charge is 0.298 e. The largest absolute Gasteiger partial charge is 0.430 e. The summed E-state index contributed by atoms with van der Waals surface area (Å²) < 4.78 is 22.7. The molecule has 1 heterocycles. The van der Waals surface area contributed by atoms with Gasteiger partial charge in [-0.25, -0.2) is 4.39 Å². The molecule has 16 heavy (non-hydrogen) atoms. The van der Waals surface area contributed by atoms with E-state index in [9.17, 15) is 4.39 Å². The summed E-state index contributed by atoms with van der Waals surface area (Å²) in [4.78, 5) is 4.02. The van der Waals surface area contributed by atoms with Gasteiger partial charge in [-0.1, -0.05) is 6.07 Å². The first kappa shape index (κ1) is 11.0. The SMILES string of the molecule is Cc1nsc(Oc2ccc(CN)c(F)c2)n1. The molecule has 1 aromatic heterocycles. The van der Waals surface area contributed by atoms with Gasteiger partial charge in [0.1, 0.15) is 17.4 Å². The van der Waals surface area contributed by atoms with Crippen LogP contribution in [0.3, 0.4) is 0 Å². The minimum Gasteiger partial charge on any atom is -0.430 e. The number of nitrogens with two attached hydrogens (primary N) is 1. The van der Waals surface area contributed by atoms with Gasteiger partial charge in [0.05, 0.1) is 0 Å². The van der Waals surface area contributed by atoms with Gasteiger partial charge < -0.3 is 10.5 Å². The maximum Gasteiger partial charge on any atom is 0.298 e. The molecule has 4 nitrogen and oxygen atoms in total. The molecule has 2 aromatic rings. The molecule has 0 amide bonds. The van der Waals surface area contributed by atoms with Gasteiger partial charge in [-0.3, -0.25) is 0 Å². The third-order valence-electron chi connectivity index (χ3n) is 1.96. The number of benzene rings is 1. The maximum atomic E-state index is 13.4. The second-order valence-electron chi connectivity index (χ2n) is 3.17. The lowest BCUT2D eigenvalue weighted by molar-refractivity contribution is 0.471. The Labute approximate surface area is 96.1 Å². The van der Waals surface area contributed by atoms with Gasteiger partial charge in [0.2, 0.25) is 0 Å². The van der Waals surface area contributed by atoms with Crippen LogP contribution < -0.4 is 10.5 Å². The minimum atomic E-state index is -0.374. The van der Waals surface area contributed by atoms with E-state index in [0.717, 1.165) is 11.5 Å². The molecule has 0 aliphatic carbocycles. The fraction of sp³-hybridized carbons (Fsp3) is 0.200. The number of hydrogen-bond acceptors (Lipinski definition) is 5. The summed E-state index contributed by atoms with van der Waals surface area (Å²) in [6.07, 6.45) is 0. The maximum absolute atomic E-state index is 13.4. The number of aryl methyl sites for hydroxylation is 1. The summed E-state index contributed by atoms with van der Waals surface area (Å²) in [5, 5.41) is 0.400. The Morgan fingerprint density at radius 3 is 2.88 bits per heavy atom. The second-order valence-corrected chi connectivity index (χ2v) is 3.88. The van der Waals surface area contributed by atoms with Gasteiger partial charge in [0.25, 0.3) is 5.19 Å². The highest BCUT2D eigenvalue weighted by Gasteiger charge is 2.06. The Morgan fingerprint density at radius 2 is 2.31 bits per heavy atom. The molecular weight excluding hydrogens is 229 g/mol. The van der Waals surface area contributed by atoms with Crippen molar-refractivity contribution in [3.63, 3.8) is 0 Å². The predicted octanol–water partition coefficient (Wildman–Crippen LogP) is 2.24. The Morgan fingerprint density at radius 1 is 1.50 bits per heavy atom. The fourth-order valence-electron chi connectivity index (χ4n) is 1.18. The Balaban J connectivity index is 2.19. The molecule has 0 unspecified atom stereocenters. The topological polar surface area (TPSA) is 61.0 Å². The van der Waals surface area contributed by atoms with Crippen LogP contribution in [-0.4, -0.2) is 9.36 Å². The molecule has 0 fully saturated rings. The van der Waals surface area contributed by atoms with E-state index in [-0.39, 0.29) is 12.4 Å². The lowest BCUT2D eigenvalue weighted by atomic mass is 10.2. The van der Waals surface area contributed by atoms with E-state index in [2.05, 4.69) is 9.36 Å². The molecule has 84 valence electrons. The molecule has 0 radical (unpaired) electrons. The third-order valence-corrected chi connectivity index (χ3v) is 2.64. The summed E-state index contributed by atoms with van der Waals surface area (Å²) in [5.41, 5.74) is 5.81. The average Bonchev–Trinajstić information content (AvgIpc) is 2.64. The Kier molecular flexibility index (Phi) is 3.12. The summed E-state index contributed by atoms with van der Waals surface area (Å²) in [6, 6.07) is 4.54. The molecular formula is C10H10FN3OS. The lowest BCUT2D eigenvalue weighted by Crippen LogP contribution is -1.99. The molecule has 0 bridgehead atoms. The molecule has 0 atom stereocenters. The second kappa shape index (κ2) is 4.54. The van der Waals surface area contributed by atoms with Gasteiger partial charge in [-0.15, -0.1) is 0 Å². The molecule has 1 aromatic carbocycles. The highest BCUT2D eigenvalue weighted by molar-refractivity contribution is 7.07. The molecule has 6 heteroatoms. The summed E-state index contributed by atoms with van der Waals surface area (Å²) >= 11 is 1.13. The van der Waals surface area contributed by atoms with E-state index in [4.69, 9.17) is 10.5 Å². The van der Waals surface area contributed by atoms with Crippen molar-refractivity contribution in [1.29, 1.82) is 0 Å². The zero-order valence-corrected chi connectivity index (χ0v) is 9.42. The van der Waals surface area contributed by atoms with Gasteiger partial charge in [0, 0.05) is 29.7 Å². The van der Waals surface area contributed by atoms with Crippen molar-refractivity contribution >= 4 is 11.5 Å². The Hall–Kier alpha value is -1.53. The zero-order valence-electron chi connectivity index (χ0n) is 8.61. The number of hydrogen-bond donors (Lipinski definition) is 1. The molecule has 0 spiro atoms.